The molecule has 0 fully saturated rings. The molecule has 5 nitrogen and oxygen atoms in total. The molecule has 6 heteroatoms. The van der Waals surface area contributed by atoms with Crippen molar-refractivity contribution in [3.63, 3.8) is 0 Å². The molecular weight excluding hydrogens is 261 g/mol. The van der Waals surface area contributed by atoms with Crippen LogP contribution < -0.4 is 10.6 Å². The van der Waals surface area contributed by atoms with E-state index in [1.807, 2.05) is 0 Å². The monoisotopic (exact) mass is 275 g/mol. The molecule has 3 N–H and O–H groups in total. The maximum atomic E-state index is 12.8. The van der Waals surface area contributed by atoms with E-state index in [1.54, 1.807) is 25.1 Å². The van der Waals surface area contributed by atoms with E-state index < -0.39 is 6.09 Å². The van der Waals surface area contributed by atoms with Gasteiger partial charge in [0.15, 0.2) is 0 Å². The molecule has 0 saturated carbocycles. The largest absolute Gasteiger partial charge is 0.465 e. The summed E-state index contributed by atoms with van der Waals surface area (Å²) in [4.78, 5) is 14.7. The highest BCUT2D eigenvalue weighted by Crippen LogP contribution is 2.17. The number of nitrogens with zero attached hydrogens (tertiary/aromatic N) is 1. The van der Waals surface area contributed by atoms with Crippen LogP contribution in [0.25, 0.3) is 0 Å². The maximum Gasteiger partial charge on any atom is 0.409 e. The molecule has 0 aliphatic rings. The molecule has 0 atom stereocenters. The summed E-state index contributed by atoms with van der Waals surface area (Å²) in [6.07, 6.45) is 0.332. The first kappa shape index (κ1) is 13.8. The Morgan fingerprint density at radius 2 is 2.05 bits per heavy atom. The molecule has 0 radical (unpaired) electrons. The lowest BCUT2D eigenvalue weighted by molar-refractivity contribution is 0.209. The molecule has 1 amide bonds. The predicted molar refractivity (Wildman–Crippen MR) is 74.3 cm³/mol. The van der Waals surface area contributed by atoms with Gasteiger partial charge in [-0.15, -0.1) is 0 Å². The Morgan fingerprint density at radius 3 is 2.65 bits per heavy atom. The standard InChI is InChI=1S/C14H14FN3O2/c1-9-6-13(17-8-12(9)18-14(19)20)16-7-10-2-4-11(15)5-3-10/h2-6,8,18H,7H2,1H3,(H,16,17)(H,19,20). The Bertz CT molecular complexity index is 614. The molecular formula is C14H14FN3O2. The zero-order chi connectivity index (χ0) is 14.5. The minimum atomic E-state index is -1.12. The summed E-state index contributed by atoms with van der Waals surface area (Å²) >= 11 is 0. The first-order chi connectivity index (χ1) is 9.54. The van der Waals surface area contributed by atoms with Gasteiger partial charge < -0.3 is 10.4 Å². The number of halogens is 1. The first-order valence-corrected chi connectivity index (χ1v) is 5.99. The van der Waals surface area contributed by atoms with Crippen LogP contribution in [0.4, 0.5) is 20.7 Å². The number of pyridine rings is 1. The van der Waals surface area contributed by atoms with Crippen molar-refractivity contribution in [3.8, 4) is 0 Å². The summed E-state index contributed by atoms with van der Waals surface area (Å²) < 4.78 is 12.8. The molecule has 20 heavy (non-hydrogen) atoms. The van der Waals surface area contributed by atoms with Crippen molar-refractivity contribution in [2.45, 2.75) is 13.5 Å². The lowest BCUT2D eigenvalue weighted by Crippen LogP contribution is -2.09. The number of carbonyl (C=O) groups is 1. The van der Waals surface area contributed by atoms with Gasteiger partial charge in [-0.25, -0.2) is 14.2 Å². The summed E-state index contributed by atoms with van der Waals surface area (Å²) in [6, 6.07) is 7.92. The van der Waals surface area contributed by atoms with Crippen molar-refractivity contribution >= 4 is 17.6 Å². The van der Waals surface area contributed by atoms with E-state index in [9.17, 15) is 9.18 Å². The van der Waals surface area contributed by atoms with E-state index >= 15 is 0 Å². The molecule has 0 aliphatic heterocycles. The Balaban J connectivity index is 2.01. The van der Waals surface area contributed by atoms with E-state index in [-0.39, 0.29) is 5.82 Å². The fourth-order valence-corrected chi connectivity index (χ4v) is 1.69. The Kier molecular flexibility index (Phi) is 4.14. The van der Waals surface area contributed by atoms with Gasteiger partial charge in [-0.2, -0.15) is 0 Å². The highest BCUT2D eigenvalue weighted by atomic mass is 19.1. The quantitative estimate of drug-likeness (QED) is 0.800. The highest BCUT2D eigenvalue weighted by molar-refractivity contribution is 5.83. The van der Waals surface area contributed by atoms with Crippen LogP contribution >= 0.6 is 0 Å². The number of rotatable bonds is 4. The summed E-state index contributed by atoms with van der Waals surface area (Å²) in [7, 11) is 0. The minimum Gasteiger partial charge on any atom is -0.465 e. The van der Waals surface area contributed by atoms with E-state index in [1.165, 1.54) is 18.3 Å². The lowest BCUT2D eigenvalue weighted by Gasteiger charge is -2.09. The molecule has 2 rings (SSSR count). The predicted octanol–water partition coefficient (Wildman–Crippen LogP) is 3.23. The zero-order valence-electron chi connectivity index (χ0n) is 10.9. The summed E-state index contributed by atoms with van der Waals surface area (Å²) in [5, 5.41) is 14.0. The van der Waals surface area contributed by atoms with E-state index in [0.29, 0.717) is 18.1 Å². The van der Waals surface area contributed by atoms with Crippen LogP contribution in [0, 0.1) is 12.7 Å². The summed E-state index contributed by atoms with van der Waals surface area (Å²) in [6.45, 7) is 2.30. The topological polar surface area (TPSA) is 74.2 Å². The van der Waals surface area contributed by atoms with Crippen LogP contribution in [0.2, 0.25) is 0 Å². The number of hydrogen-bond donors (Lipinski definition) is 3. The van der Waals surface area contributed by atoms with Gasteiger partial charge in [-0.1, -0.05) is 12.1 Å². The Hall–Kier alpha value is -2.63. The third-order valence-corrected chi connectivity index (χ3v) is 2.74. The van der Waals surface area contributed by atoms with Crippen molar-refractivity contribution in [1.29, 1.82) is 0 Å². The number of hydrogen-bond acceptors (Lipinski definition) is 3. The molecule has 0 unspecified atom stereocenters. The number of amides is 1. The van der Waals surface area contributed by atoms with Crippen LogP contribution in [0.5, 0.6) is 0 Å². The fourth-order valence-electron chi connectivity index (χ4n) is 1.69. The van der Waals surface area contributed by atoms with Gasteiger partial charge in [-0.3, -0.25) is 5.32 Å². The van der Waals surface area contributed by atoms with Gasteiger partial charge in [0.25, 0.3) is 0 Å². The number of nitrogens with one attached hydrogen (secondary N) is 2. The van der Waals surface area contributed by atoms with Gasteiger partial charge >= 0.3 is 6.09 Å². The SMILES string of the molecule is Cc1cc(NCc2ccc(F)cc2)ncc1NC(=O)O. The summed E-state index contributed by atoms with van der Waals surface area (Å²) in [5.41, 5.74) is 2.15. The van der Waals surface area contributed by atoms with E-state index in [4.69, 9.17) is 5.11 Å². The van der Waals surface area contributed by atoms with Gasteiger partial charge in [0.1, 0.15) is 11.6 Å². The maximum absolute atomic E-state index is 12.8. The van der Waals surface area contributed by atoms with Gasteiger partial charge in [0.2, 0.25) is 0 Å². The van der Waals surface area contributed by atoms with E-state index in [2.05, 4.69) is 15.6 Å². The third-order valence-electron chi connectivity index (χ3n) is 2.74. The Labute approximate surface area is 115 Å². The van der Waals surface area contributed by atoms with Crippen LogP contribution in [-0.2, 0) is 6.54 Å². The fraction of sp³-hybridized carbons (Fsp3) is 0.143. The van der Waals surface area contributed by atoms with Gasteiger partial charge in [-0.05, 0) is 36.2 Å². The Morgan fingerprint density at radius 1 is 1.35 bits per heavy atom. The van der Waals surface area contributed by atoms with Crippen LogP contribution in [0.3, 0.4) is 0 Å². The molecule has 2 aromatic rings. The number of aryl methyl sites for hydroxylation is 1. The minimum absolute atomic E-state index is 0.271. The van der Waals surface area contributed by atoms with Crippen LogP contribution in [0.15, 0.2) is 36.5 Å². The second-order valence-electron chi connectivity index (χ2n) is 4.29. The van der Waals surface area contributed by atoms with Crippen molar-refractivity contribution in [3.05, 3.63) is 53.5 Å². The number of benzene rings is 1. The smallest absolute Gasteiger partial charge is 0.409 e. The molecule has 1 heterocycles. The lowest BCUT2D eigenvalue weighted by atomic mass is 10.2. The van der Waals surface area contributed by atoms with Crippen LogP contribution in [0.1, 0.15) is 11.1 Å². The molecule has 0 aliphatic carbocycles. The normalized spacial score (nSPS) is 10.1. The zero-order valence-corrected chi connectivity index (χ0v) is 10.9. The third kappa shape index (κ3) is 3.68. The van der Waals surface area contributed by atoms with Crippen LogP contribution in [-0.4, -0.2) is 16.2 Å². The van der Waals surface area contributed by atoms with E-state index in [0.717, 1.165) is 11.1 Å². The number of anilines is 2. The molecule has 1 aromatic heterocycles. The first-order valence-electron chi connectivity index (χ1n) is 5.99. The molecule has 0 bridgehead atoms. The van der Waals surface area contributed by atoms with Crippen molar-refractivity contribution in [1.82, 2.24) is 4.98 Å². The molecule has 0 spiro atoms. The molecule has 0 saturated heterocycles. The molecule has 104 valence electrons. The molecule has 1 aromatic carbocycles. The van der Waals surface area contributed by atoms with Gasteiger partial charge in [0.05, 0.1) is 11.9 Å². The average Bonchev–Trinajstić information content (AvgIpc) is 2.40. The second kappa shape index (κ2) is 6.01. The number of carboxylic acid groups (broad SMARTS) is 1. The second-order valence-corrected chi connectivity index (χ2v) is 4.29. The highest BCUT2D eigenvalue weighted by Gasteiger charge is 2.04. The number of aromatic nitrogens is 1. The summed E-state index contributed by atoms with van der Waals surface area (Å²) in [5.74, 6) is 0.356. The van der Waals surface area contributed by atoms with Gasteiger partial charge in [0, 0.05) is 6.54 Å². The van der Waals surface area contributed by atoms with Crippen molar-refractivity contribution < 1.29 is 14.3 Å². The van der Waals surface area contributed by atoms with Crippen molar-refractivity contribution in [2.75, 3.05) is 10.6 Å². The average molecular weight is 275 g/mol. The van der Waals surface area contributed by atoms with Crippen molar-refractivity contribution in [2.24, 2.45) is 0 Å².